The van der Waals surface area contributed by atoms with Crippen LogP contribution < -0.4 is 4.74 Å². The number of carbonyl (C=O) groups is 1. The summed E-state index contributed by atoms with van der Waals surface area (Å²) in [6, 6.07) is 10.9. The highest BCUT2D eigenvalue weighted by molar-refractivity contribution is 5.73. The largest absolute Gasteiger partial charge is 0.487 e. The predicted octanol–water partition coefficient (Wildman–Crippen LogP) is 7.81. The second kappa shape index (κ2) is 10.4. The van der Waals surface area contributed by atoms with Gasteiger partial charge in [0.2, 0.25) is 0 Å². The fourth-order valence-corrected chi connectivity index (χ4v) is 7.21. The number of likely N-dealkylation sites (tertiary alicyclic amines) is 1. The van der Waals surface area contributed by atoms with Gasteiger partial charge in [-0.1, -0.05) is 31.2 Å². The summed E-state index contributed by atoms with van der Waals surface area (Å²) < 4.78 is 53.7. The monoisotopic (exact) mass is 555 g/mol. The molecule has 2 heterocycles. The maximum absolute atomic E-state index is 13.9. The van der Waals surface area contributed by atoms with Crippen LogP contribution in [0.5, 0.6) is 5.75 Å². The summed E-state index contributed by atoms with van der Waals surface area (Å²) in [7, 11) is 1.45. The summed E-state index contributed by atoms with van der Waals surface area (Å²) >= 11 is 0. The fourth-order valence-electron chi connectivity index (χ4n) is 7.21. The third kappa shape index (κ3) is 5.38. The lowest BCUT2D eigenvalue weighted by Crippen LogP contribution is -2.50. The van der Waals surface area contributed by atoms with E-state index in [0.29, 0.717) is 30.5 Å². The lowest BCUT2D eigenvalue weighted by molar-refractivity contribution is -0.145. The van der Waals surface area contributed by atoms with E-state index in [9.17, 15) is 18.0 Å². The third-order valence-electron chi connectivity index (χ3n) is 10.0. The summed E-state index contributed by atoms with van der Waals surface area (Å²) in [4.78, 5) is 14.6. The van der Waals surface area contributed by atoms with Crippen molar-refractivity contribution in [2.24, 2.45) is 11.8 Å². The Hall–Kier alpha value is -2.54. The van der Waals surface area contributed by atoms with Crippen molar-refractivity contribution in [3.8, 4) is 5.75 Å². The summed E-state index contributed by atoms with van der Waals surface area (Å²) in [5, 5.41) is 0. The maximum atomic E-state index is 13.9. The van der Waals surface area contributed by atoms with Crippen molar-refractivity contribution in [3.63, 3.8) is 0 Å². The molecule has 2 saturated carbocycles. The quantitative estimate of drug-likeness (QED) is 0.327. The topological polar surface area (TPSA) is 38.8 Å². The molecule has 216 valence electrons. The highest BCUT2D eigenvalue weighted by Gasteiger charge is 2.44. The number of carbonyl (C=O) groups excluding carboxylic acids is 1. The molecule has 1 spiro atoms. The summed E-state index contributed by atoms with van der Waals surface area (Å²) in [5.74, 6) is 1.55. The van der Waals surface area contributed by atoms with E-state index in [4.69, 9.17) is 9.47 Å². The van der Waals surface area contributed by atoms with Gasteiger partial charge in [0, 0.05) is 19.1 Å². The van der Waals surface area contributed by atoms with Gasteiger partial charge in [-0.2, -0.15) is 13.2 Å². The Labute approximate surface area is 235 Å². The second-order valence-corrected chi connectivity index (χ2v) is 12.7. The minimum absolute atomic E-state index is 0.121. The summed E-state index contributed by atoms with van der Waals surface area (Å²) in [5.41, 5.74) is 2.96. The zero-order valence-electron chi connectivity index (χ0n) is 23.7. The summed E-state index contributed by atoms with van der Waals surface area (Å²) in [6.07, 6.45) is 3.43. The van der Waals surface area contributed by atoms with E-state index < -0.39 is 11.7 Å². The molecule has 1 saturated heterocycles. The number of rotatable bonds is 7. The van der Waals surface area contributed by atoms with Crippen LogP contribution in [-0.2, 0) is 22.1 Å². The van der Waals surface area contributed by atoms with Crippen molar-refractivity contribution in [1.82, 2.24) is 4.90 Å². The van der Waals surface area contributed by atoms with Gasteiger partial charge < -0.3 is 9.47 Å². The van der Waals surface area contributed by atoms with E-state index in [1.54, 1.807) is 6.07 Å². The molecular formula is C33H40F3NO3. The van der Waals surface area contributed by atoms with Crippen LogP contribution in [-0.4, -0.2) is 36.7 Å². The molecule has 40 heavy (non-hydrogen) atoms. The zero-order valence-corrected chi connectivity index (χ0v) is 23.7. The van der Waals surface area contributed by atoms with Crippen LogP contribution in [0.25, 0.3) is 0 Å². The molecule has 0 aromatic heterocycles. The average molecular weight is 556 g/mol. The van der Waals surface area contributed by atoms with Crippen LogP contribution in [0.15, 0.2) is 36.4 Å². The number of ether oxygens (including phenoxy) is 2. The molecule has 2 aromatic carbocycles. The molecule has 1 unspecified atom stereocenters. The lowest BCUT2D eigenvalue weighted by atomic mass is 9.80. The Bertz CT molecular complexity index is 1260. The minimum atomic E-state index is -4.36. The fraction of sp³-hybridized carbons (Fsp3) is 0.606. The number of hydrogen-bond donors (Lipinski definition) is 0. The van der Waals surface area contributed by atoms with Gasteiger partial charge in [0.1, 0.15) is 11.4 Å². The lowest BCUT2D eigenvalue weighted by Gasteiger charge is -2.46. The molecule has 2 aliphatic heterocycles. The molecule has 0 radical (unpaired) electrons. The van der Waals surface area contributed by atoms with Gasteiger partial charge in [-0.05, 0) is 110 Å². The van der Waals surface area contributed by atoms with E-state index in [2.05, 4.69) is 23.1 Å². The normalized spacial score (nSPS) is 23.1. The highest BCUT2D eigenvalue weighted by atomic mass is 19.4. The van der Waals surface area contributed by atoms with Crippen LogP contribution in [0.3, 0.4) is 0 Å². The number of piperidine rings is 1. The minimum Gasteiger partial charge on any atom is -0.487 e. The summed E-state index contributed by atoms with van der Waals surface area (Å²) in [6.45, 7) is 5.28. The molecule has 2 aromatic rings. The Morgan fingerprint density at radius 2 is 1.75 bits per heavy atom. The number of nitrogens with zero attached hydrogens (tertiary/aromatic N) is 1. The Kier molecular flexibility index (Phi) is 7.17. The van der Waals surface area contributed by atoms with Crippen LogP contribution in [0.4, 0.5) is 13.2 Å². The molecule has 4 aliphatic rings. The van der Waals surface area contributed by atoms with Crippen molar-refractivity contribution >= 4 is 5.97 Å². The van der Waals surface area contributed by atoms with Gasteiger partial charge >= 0.3 is 12.1 Å². The third-order valence-corrected chi connectivity index (χ3v) is 10.0. The smallest absolute Gasteiger partial charge is 0.416 e. The van der Waals surface area contributed by atoms with Crippen LogP contribution in [0.1, 0.15) is 104 Å². The van der Waals surface area contributed by atoms with Crippen LogP contribution >= 0.6 is 0 Å². The highest BCUT2D eigenvalue weighted by Crippen LogP contribution is 2.49. The number of aryl methyl sites for hydroxylation is 1. The molecule has 7 heteroatoms. The molecule has 0 N–H and O–H groups in total. The molecule has 0 amide bonds. The van der Waals surface area contributed by atoms with Gasteiger partial charge in [0.15, 0.2) is 0 Å². The zero-order chi connectivity index (χ0) is 28.2. The van der Waals surface area contributed by atoms with Crippen LogP contribution in [0, 0.1) is 11.8 Å². The van der Waals surface area contributed by atoms with Crippen molar-refractivity contribution in [2.45, 2.75) is 94.9 Å². The van der Waals surface area contributed by atoms with E-state index in [0.717, 1.165) is 68.2 Å². The molecule has 4 nitrogen and oxygen atoms in total. The van der Waals surface area contributed by atoms with Crippen molar-refractivity contribution < 1.29 is 27.4 Å². The van der Waals surface area contributed by atoms with E-state index in [1.807, 2.05) is 19.9 Å². The number of methoxy groups -OCH3 is 1. The molecule has 2 aliphatic carbocycles. The first-order valence-electron chi connectivity index (χ1n) is 14.9. The molecule has 0 bridgehead atoms. The maximum Gasteiger partial charge on any atom is 0.416 e. The number of esters is 1. The first-order valence-corrected chi connectivity index (χ1v) is 14.9. The number of fused-ring (bicyclic) bond motifs is 1. The van der Waals surface area contributed by atoms with Gasteiger partial charge in [0.05, 0.1) is 18.6 Å². The van der Waals surface area contributed by atoms with E-state index in [1.165, 1.54) is 18.7 Å². The Morgan fingerprint density at radius 3 is 2.38 bits per heavy atom. The second-order valence-electron chi connectivity index (χ2n) is 12.7. The molecular weight excluding hydrogens is 515 g/mol. The SMILES string of the molecule is COC(=O)[C@@H](C)[C@H](c1ccc2c(c1)OC1(CC2)CCN(C(C)c2cc(C3CC3)ccc2C(F)(F)F)CC1)C1CC1. The Morgan fingerprint density at radius 1 is 1.02 bits per heavy atom. The van der Waals surface area contributed by atoms with E-state index >= 15 is 0 Å². The number of halogens is 3. The first kappa shape index (κ1) is 27.6. The van der Waals surface area contributed by atoms with Gasteiger partial charge in [0.25, 0.3) is 0 Å². The predicted molar refractivity (Wildman–Crippen MR) is 147 cm³/mol. The van der Waals surface area contributed by atoms with Crippen molar-refractivity contribution in [3.05, 3.63) is 64.2 Å². The van der Waals surface area contributed by atoms with Gasteiger partial charge in [-0.15, -0.1) is 0 Å². The standard InChI is InChI=1S/C33H40F3NO3/c1-20(31(38)39-3)30(24-7-8-24)26-9-6-23-12-13-32(40-29(23)19-26)14-16-37(17-15-32)21(2)27-18-25(22-4-5-22)10-11-28(27)33(34,35)36/h6,9-11,18-22,24,30H,4-5,7-8,12-17H2,1-3H3/t20-,21?,30-/m0/s1. The molecule has 3 atom stereocenters. The molecule has 6 rings (SSSR count). The first-order chi connectivity index (χ1) is 19.1. The van der Waals surface area contributed by atoms with Crippen molar-refractivity contribution in [2.75, 3.05) is 20.2 Å². The Balaban J connectivity index is 1.18. The van der Waals surface area contributed by atoms with Crippen molar-refractivity contribution in [1.29, 1.82) is 0 Å². The van der Waals surface area contributed by atoms with Crippen LogP contribution in [0.2, 0.25) is 0 Å². The van der Waals surface area contributed by atoms with Gasteiger partial charge in [-0.3, -0.25) is 9.69 Å². The number of alkyl halides is 3. The average Bonchev–Trinajstić information content (AvgIpc) is 3.86. The number of benzene rings is 2. The number of hydrogen-bond acceptors (Lipinski definition) is 4. The van der Waals surface area contributed by atoms with E-state index in [-0.39, 0.29) is 29.4 Å². The van der Waals surface area contributed by atoms with Gasteiger partial charge in [-0.25, -0.2) is 0 Å². The molecule has 3 fully saturated rings.